The van der Waals surface area contributed by atoms with Crippen LogP contribution in [0.3, 0.4) is 0 Å². The van der Waals surface area contributed by atoms with Crippen molar-refractivity contribution >= 4 is 17.5 Å². The van der Waals surface area contributed by atoms with Gasteiger partial charge in [-0.15, -0.1) is 0 Å². The first-order valence-electron chi connectivity index (χ1n) is 6.89. The SMILES string of the molecule is CCOC(=O)c1cc(NCC2(OC)CCOC2)ncc1N. The van der Waals surface area contributed by atoms with Crippen molar-refractivity contribution in [3.05, 3.63) is 17.8 Å². The highest BCUT2D eigenvalue weighted by Gasteiger charge is 2.34. The Hall–Kier alpha value is -1.86. The molecule has 1 aliphatic rings. The third-order valence-electron chi connectivity index (χ3n) is 3.52. The van der Waals surface area contributed by atoms with Crippen molar-refractivity contribution in [2.75, 3.05) is 44.5 Å². The summed E-state index contributed by atoms with van der Waals surface area (Å²) in [5, 5.41) is 3.16. The standard InChI is InChI=1S/C14H21N3O4/c1-3-21-13(18)10-6-12(16-7-11(10)15)17-8-14(19-2)4-5-20-9-14/h6-7H,3-5,8-9,15H2,1-2H3,(H,16,17). The van der Waals surface area contributed by atoms with Crippen LogP contribution in [0.25, 0.3) is 0 Å². The maximum atomic E-state index is 11.8. The average Bonchev–Trinajstić information content (AvgIpc) is 2.96. The molecule has 1 saturated heterocycles. The molecule has 0 bridgehead atoms. The predicted molar refractivity (Wildman–Crippen MR) is 78.3 cm³/mol. The third-order valence-corrected chi connectivity index (χ3v) is 3.52. The normalized spacial score (nSPS) is 21.2. The van der Waals surface area contributed by atoms with Gasteiger partial charge in [0, 0.05) is 26.7 Å². The molecule has 1 unspecified atom stereocenters. The number of hydrogen-bond donors (Lipinski definition) is 2. The molecule has 1 atom stereocenters. The Morgan fingerprint density at radius 2 is 2.43 bits per heavy atom. The van der Waals surface area contributed by atoms with Crippen LogP contribution in [0.4, 0.5) is 11.5 Å². The van der Waals surface area contributed by atoms with E-state index in [-0.39, 0.29) is 5.60 Å². The lowest BCUT2D eigenvalue weighted by atomic mass is 10.0. The molecule has 7 heteroatoms. The third kappa shape index (κ3) is 3.62. The van der Waals surface area contributed by atoms with Gasteiger partial charge in [-0.25, -0.2) is 9.78 Å². The summed E-state index contributed by atoms with van der Waals surface area (Å²) < 4.78 is 15.9. The van der Waals surface area contributed by atoms with Crippen molar-refractivity contribution in [1.82, 2.24) is 4.98 Å². The number of rotatable bonds is 6. The molecular formula is C14H21N3O4. The van der Waals surface area contributed by atoms with Crippen molar-refractivity contribution in [2.45, 2.75) is 18.9 Å². The summed E-state index contributed by atoms with van der Waals surface area (Å²) in [6, 6.07) is 1.59. The number of nitrogens with two attached hydrogens (primary N) is 1. The van der Waals surface area contributed by atoms with E-state index in [4.69, 9.17) is 19.9 Å². The summed E-state index contributed by atoms with van der Waals surface area (Å²) >= 11 is 0. The van der Waals surface area contributed by atoms with Gasteiger partial charge in [-0.05, 0) is 13.0 Å². The highest BCUT2D eigenvalue weighted by Crippen LogP contribution is 2.23. The summed E-state index contributed by atoms with van der Waals surface area (Å²) in [6.07, 6.45) is 2.26. The number of anilines is 2. The minimum atomic E-state index is -0.453. The monoisotopic (exact) mass is 295 g/mol. The number of carbonyl (C=O) groups is 1. The minimum absolute atomic E-state index is 0.296. The number of nitrogens with one attached hydrogen (secondary N) is 1. The zero-order valence-corrected chi connectivity index (χ0v) is 12.3. The lowest BCUT2D eigenvalue weighted by molar-refractivity contribution is -0.00625. The molecule has 1 aliphatic heterocycles. The molecule has 0 amide bonds. The molecule has 1 aromatic rings. The largest absolute Gasteiger partial charge is 0.462 e. The van der Waals surface area contributed by atoms with Gasteiger partial charge in [-0.1, -0.05) is 0 Å². The van der Waals surface area contributed by atoms with Crippen molar-refractivity contribution in [1.29, 1.82) is 0 Å². The van der Waals surface area contributed by atoms with Gasteiger partial charge >= 0.3 is 5.97 Å². The number of hydrogen-bond acceptors (Lipinski definition) is 7. The molecule has 2 rings (SSSR count). The first-order chi connectivity index (χ1) is 10.1. The molecule has 0 spiro atoms. The van der Waals surface area contributed by atoms with Crippen molar-refractivity contribution < 1.29 is 19.0 Å². The summed E-state index contributed by atoms with van der Waals surface area (Å²) in [5.41, 5.74) is 6.01. The van der Waals surface area contributed by atoms with E-state index in [2.05, 4.69) is 10.3 Å². The summed E-state index contributed by atoms with van der Waals surface area (Å²) in [6.45, 7) is 3.81. The molecule has 21 heavy (non-hydrogen) atoms. The van der Waals surface area contributed by atoms with E-state index in [1.54, 1.807) is 20.1 Å². The Labute approximate surface area is 123 Å². The number of methoxy groups -OCH3 is 1. The Bertz CT molecular complexity index is 501. The van der Waals surface area contributed by atoms with Gasteiger partial charge in [0.1, 0.15) is 11.4 Å². The fourth-order valence-electron chi connectivity index (χ4n) is 2.16. The Morgan fingerprint density at radius 3 is 3.05 bits per heavy atom. The van der Waals surface area contributed by atoms with E-state index >= 15 is 0 Å². The second-order valence-electron chi connectivity index (χ2n) is 4.92. The number of esters is 1. The Kier molecular flexibility index (Phi) is 4.98. The average molecular weight is 295 g/mol. The number of aromatic nitrogens is 1. The number of nitrogens with zero attached hydrogens (tertiary/aromatic N) is 1. The van der Waals surface area contributed by atoms with Gasteiger partial charge in [-0.2, -0.15) is 0 Å². The van der Waals surface area contributed by atoms with Crippen LogP contribution in [0, 0.1) is 0 Å². The summed E-state index contributed by atoms with van der Waals surface area (Å²) in [7, 11) is 1.66. The van der Waals surface area contributed by atoms with Crippen LogP contribution in [-0.4, -0.2) is 50.0 Å². The molecule has 0 aromatic carbocycles. The van der Waals surface area contributed by atoms with Crippen molar-refractivity contribution in [3.63, 3.8) is 0 Å². The highest BCUT2D eigenvalue weighted by atomic mass is 16.5. The second kappa shape index (κ2) is 6.73. The molecule has 1 aromatic heterocycles. The molecule has 0 saturated carbocycles. The minimum Gasteiger partial charge on any atom is -0.462 e. The van der Waals surface area contributed by atoms with E-state index in [9.17, 15) is 4.79 Å². The van der Waals surface area contributed by atoms with Gasteiger partial charge in [0.25, 0.3) is 0 Å². The molecule has 0 radical (unpaired) electrons. The lowest BCUT2D eigenvalue weighted by Gasteiger charge is -2.26. The van der Waals surface area contributed by atoms with Crippen molar-refractivity contribution in [3.8, 4) is 0 Å². The molecule has 1 fully saturated rings. The van der Waals surface area contributed by atoms with Gasteiger partial charge in [0.2, 0.25) is 0 Å². The maximum absolute atomic E-state index is 11.8. The van der Waals surface area contributed by atoms with E-state index in [0.717, 1.165) is 6.42 Å². The molecule has 7 nitrogen and oxygen atoms in total. The number of carbonyl (C=O) groups excluding carboxylic acids is 1. The van der Waals surface area contributed by atoms with E-state index in [1.807, 2.05) is 0 Å². The van der Waals surface area contributed by atoms with E-state index in [1.165, 1.54) is 6.20 Å². The van der Waals surface area contributed by atoms with Crippen LogP contribution in [0.1, 0.15) is 23.7 Å². The van der Waals surface area contributed by atoms with Crippen LogP contribution in [0.2, 0.25) is 0 Å². The second-order valence-corrected chi connectivity index (χ2v) is 4.92. The van der Waals surface area contributed by atoms with E-state index < -0.39 is 5.97 Å². The molecule has 0 aliphatic carbocycles. The lowest BCUT2D eigenvalue weighted by Crippen LogP contribution is -2.39. The quantitative estimate of drug-likeness (QED) is 0.757. The van der Waals surface area contributed by atoms with Gasteiger partial charge in [-0.3, -0.25) is 0 Å². The number of pyridine rings is 1. The summed E-state index contributed by atoms with van der Waals surface area (Å²) in [4.78, 5) is 16.0. The zero-order chi connectivity index (χ0) is 15.3. The van der Waals surface area contributed by atoms with Gasteiger partial charge < -0.3 is 25.3 Å². The van der Waals surface area contributed by atoms with Crippen LogP contribution in [0.5, 0.6) is 0 Å². The fourth-order valence-corrected chi connectivity index (χ4v) is 2.16. The Balaban J connectivity index is 2.07. The van der Waals surface area contributed by atoms with Crippen LogP contribution in [0.15, 0.2) is 12.3 Å². The maximum Gasteiger partial charge on any atom is 0.340 e. The topological polar surface area (TPSA) is 95.7 Å². The number of nitrogen functional groups attached to an aromatic ring is 1. The van der Waals surface area contributed by atoms with Crippen LogP contribution < -0.4 is 11.1 Å². The smallest absolute Gasteiger partial charge is 0.340 e. The van der Waals surface area contributed by atoms with Crippen LogP contribution >= 0.6 is 0 Å². The molecular weight excluding hydrogens is 274 g/mol. The summed E-state index contributed by atoms with van der Waals surface area (Å²) in [5.74, 6) is 0.0988. The van der Waals surface area contributed by atoms with Crippen molar-refractivity contribution in [2.24, 2.45) is 0 Å². The Morgan fingerprint density at radius 1 is 1.62 bits per heavy atom. The number of ether oxygens (including phenoxy) is 3. The molecule has 116 valence electrons. The predicted octanol–water partition coefficient (Wildman–Crippen LogP) is 1.06. The highest BCUT2D eigenvalue weighted by molar-refractivity contribution is 5.95. The van der Waals surface area contributed by atoms with E-state index in [0.29, 0.717) is 43.4 Å². The van der Waals surface area contributed by atoms with Crippen LogP contribution in [-0.2, 0) is 14.2 Å². The first kappa shape index (κ1) is 15.5. The zero-order valence-electron chi connectivity index (χ0n) is 12.3. The van der Waals surface area contributed by atoms with Gasteiger partial charge in [0.05, 0.1) is 30.7 Å². The van der Waals surface area contributed by atoms with Gasteiger partial charge in [0.15, 0.2) is 0 Å². The molecule has 3 N–H and O–H groups in total. The fraction of sp³-hybridized carbons (Fsp3) is 0.571. The molecule has 2 heterocycles. The first-order valence-corrected chi connectivity index (χ1v) is 6.89.